The number of nitrogens with two attached hydrogens (primary N) is 1. The van der Waals surface area contributed by atoms with Crippen molar-refractivity contribution in [1.29, 1.82) is 0 Å². The van der Waals surface area contributed by atoms with Crippen molar-refractivity contribution in [3.05, 3.63) is 48.3 Å². The van der Waals surface area contributed by atoms with E-state index in [1.54, 1.807) is 6.20 Å². The molecule has 0 aromatic carbocycles. The van der Waals surface area contributed by atoms with E-state index in [2.05, 4.69) is 11.7 Å². The van der Waals surface area contributed by atoms with Crippen LogP contribution in [-0.2, 0) is 0 Å². The number of pyridine rings is 1. The Balaban J connectivity index is 2.58. The fourth-order valence-corrected chi connectivity index (χ4v) is 1.46. The van der Waals surface area contributed by atoms with Gasteiger partial charge in [-0.2, -0.15) is 5.10 Å². The lowest BCUT2D eigenvalue weighted by Gasteiger charge is -2.08. The van der Waals surface area contributed by atoms with Gasteiger partial charge < -0.3 is 5.73 Å². The summed E-state index contributed by atoms with van der Waals surface area (Å²) in [4.78, 5) is 0. The predicted molar refractivity (Wildman–Crippen MR) is 56.9 cm³/mol. The van der Waals surface area contributed by atoms with Crippen molar-refractivity contribution < 1.29 is 0 Å². The molecule has 0 amide bonds. The minimum Gasteiger partial charge on any atom is -0.320 e. The molecule has 0 fully saturated rings. The van der Waals surface area contributed by atoms with E-state index in [4.69, 9.17) is 5.73 Å². The molecule has 2 heterocycles. The molecule has 0 aliphatic heterocycles. The second-order valence-corrected chi connectivity index (χ2v) is 3.45. The maximum atomic E-state index is 6.00. The highest BCUT2D eigenvalue weighted by molar-refractivity contribution is 5.56. The van der Waals surface area contributed by atoms with Gasteiger partial charge in [-0.05, 0) is 19.1 Å². The van der Waals surface area contributed by atoms with E-state index in [1.807, 2.05) is 35.8 Å². The third-order valence-corrected chi connectivity index (χ3v) is 2.32. The number of nitrogens with zero attached hydrogens (tertiary/aromatic N) is 2. The molecular formula is C11H13N3. The largest absolute Gasteiger partial charge is 0.320 e. The van der Waals surface area contributed by atoms with Gasteiger partial charge in [0.2, 0.25) is 0 Å². The molecule has 2 aromatic heterocycles. The van der Waals surface area contributed by atoms with Gasteiger partial charge in [-0.15, -0.1) is 0 Å². The van der Waals surface area contributed by atoms with Crippen molar-refractivity contribution in [2.75, 3.05) is 0 Å². The van der Waals surface area contributed by atoms with Crippen molar-refractivity contribution in [2.24, 2.45) is 5.73 Å². The summed E-state index contributed by atoms with van der Waals surface area (Å²) in [6, 6.07) is 5.79. The smallest absolute Gasteiger partial charge is 0.0712 e. The minimum atomic E-state index is -0.130. The predicted octanol–water partition coefficient (Wildman–Crippen LogP) is 1.91. The topological polar surface area (TPSA) is 43.3 Å². The number of aromatic nitrogens is 2. The standard InChI is InChI=1S/C11H13N3/c1-8(2)11(12)9-7-13-14-6-4-3-5-10(9)14/h3-7,11H,1,12H2,2H3. The number of rotatable bonds is 2. The molecule has 3 heteroatoms. The van der Waals surface area contributed by atoms with Crippen LogP contribution in [0.5, 0.6) is 0 Å². The average molecular weight is 187 g/mol. The summed E-state index contributed by atoms with van der Waals surface area (Å²) >= 11 is 0. The molecule has 0 spiro atoms. The molecule has 0 aliphatic rings. The quantitative estimate of drug-likeness (QED) is 0.730. The van der Waals surface area contributed by atoms with Gasteiger partial charge in [0, 0.05) is 11.8 Å². The van der Waals surface area contributed by atoms with Crippen molar-refractivity contribution in [3.8, 4) is 0 Å². The van der Waals surface area contributed by atoms with Crippen LogP contribution >= 0.6 is 0 Å². The highest BCUT2D eigenvalue weighted by Gasteiger charge is 2.11. The van der Waals surface area contributed by atoms with Crippen LogP contribution in [0, 0.1) is 0 Å². The number of hydrogen-bond acceptors (Lipinski definition) is 2. The first-order valence-electron chi connectivity index (χ1n) is 4.53. The molecule has 2 rings (SSSR count). The molecule has 0 aliphatic carbocycles. The summed E-state index contributed by atoms with van der Waals surface area (Å²) in [6.07, 6.45) is 3.71. The van der Waals surface area contributed by atoms with Gasteiger partial charge in [0.1, 0.15) is 0 Å². The van der Waals surface area contributed by atoms with Crippen LogP contribution in [0.4, 0.5) is 0 Å². The van der Waals surface area contributed by atoms with Gasteiger partial charge in [-0.3, -0.25) is 0 Å². The third kappa shape index (κ3) is 1.32. The Kier molecular flexibility index (Phi) is 2.09. The molecule has 2 aromatic rings. The van der Waals surface area contributed by atoms with Crippen LogP contribution in [0.15, 0.2) is 42.7 Å². The SMILES string of the molecule is C=C(C)C(N)c1cnn2ccccc12. The van der Waals surface area contributed by atoms with Crippen LogP contribution in [0.1, 0.15) is 18.5 Å². The monoisotopic (exact) mass is 187 g/mol. The second-order valence-electron chi connectivity index (χ2n) is 3.45. The lowest BCUT2D eigenvalue weighted by Crippen LogP contribution is -2.10. The molecule has 14 heavy (non-hydrogen) atoms. The lowest BCUT2D eigenvalue weighted by atomic mass is 10.0. The Labute approximate surface area is 82.8 Å². The normalized spacial score (nSPS) is 13.0. The summed E-state index contributed by atoms with van der Waals surface area (Å²) in [6.45, 7) is 5.78. The Morgan fingerprint density at radius 3 is 3.07 bits per heavy atom. The van der Waals surface area contributed by atoms with E-state index >= 15 is 0 Å². The maximum Gasteiger partial charge on any atom is 0.0712 e. The molecule has 3 nitrogen and oxygen atoms in total. The first-order valence-corrected chi connectivity index (χ1v) is 4.53. The lowest BCUT2D eigenvalue weighted by molar-refractivity contribution is 0.859. The van der Waals surface area contributed by atoms with Gasteiger partial charge in [-0.25, -0.2) is 4.52 Å². The molecule has 0 saturated heterocycles. The zero-order valence-corrected chi connectivity index (χ0v) is 8.14. The number of fused-ring (bicyclic) bond motifs is 1. The molecule has 0 radical (unpaired) electrons. The minimum absolute atomic E-state index is 0.130. The van der Waals surface area contributed by atoms with Gasteiger partial charge in [0.15, 0.2) is 0 Å². The Morgan fingerprint density at radius 1 is 1.57 bits per heavy atom. The highest BCUT2D eigenvalue weighted by atomic mass is 15.2. The second kappa shape index (κ2) is 3.27. The molecule has 72 valence electrons. The third-order valence-electron chi connectivity index (χ3n) is 2.32. The van der Waals surface area contributed by atoms with Crippen LogP contribution in [-0.4, -0.2) is 9.61 Å². The van der Waals surface area contributed by atoms with E-state index in [-0.39, 0.29) is 6.04 Å². The summed E-state index contributed by atoms with van der Waals surface area (Å²) in [7, 11) is 0. The summed E-state index contributed by atoms with van der Waals surface area (Å²) < 4.78 is 1.82. The molecule has 0 saturated carbocycles. The van der Waals surface area contributed by atoms with Crippen LogP contribution in [0.3, 0.4) is 0 Å². The first-order chi connectivity index (χ1) is 6.70. The van der Waals surface area contributed by atoms with Crippen LogP contribution in [0.2, 0.25) is 0 Å². The van der Waals surface area contributed by atoms with E-state index < -0.39 is 0 Å². The Bertz CT molecular complexity index is 470. The van der Waals surface area contributed by atoms with Gasteiger partial charge in [0.25, 0.3) is 0 Å². The maximum absolute atomic E-state index is 6.00. The average Bonchev–Trinajstić information content (AvgIpc) is 2.60. The highest BCUT2D eigenvalue weighted by Crippen LogP contribution is 2.21. The first kappa shape index (κ1) is 8.97. The van der Waals surface area contributed by atoms with E-state index in [0.717, 1.165) is 16.7 Å². The van der Waals surface area contributed by atoms with Crippen molar-refractivity contribution in [1.82, 2.24) is 9.61 Å². The summed E-state index contributed by atoms with van der Waals surface area (Å²) in [5, 5.41) is 4.22. The van der Waals surface area contributed by atoms with E-state index in [0.29, 0.717) is 0 Å². The molecule has 0 bridgehead atoms. The molecule has 1 unspecified atom stereocenters. The van der Waals surface area contributed by atoms with Crippen molar-refractivity contribution in [2.45, 2.75) is 13.0 Å². The van der Waals surface area contributed by atoms with E-state index in [9.17, 15) is 0 Å². The summed E-state index contributed by atoms with van der Waals surface area (Å²) in [5.41, 5.74) is 9.01. The number of hydrogen-bond donors (Lipinski definition) is 1. The molecule has 1 atom stereocenters. The molecule has 2 N–H and O–H groups in total. The van der Waals surface area contributed by atoms with Crippen molar-refractivity contribution >= 4 is 5.52 Å². The molecular weight excluding hydrogens is 174 g/mol. The summed E-state index contributed by atoms with van der Waals surface area (Å²) in [5.74, 6) is 0. The van der Waals surface area contributed by atoms with Crippen LogP contribution < -0.4 is 5.73 Å². The van der Waals surface area contributed by atoms with Gasteiger partial charge >= 0.3 is 0 Å². The Hall–Kier alpha value is -1.61. The van der Waals surface area contributed by atoms with Gasteiger partial charge in [-0.1, -0.05) is 18.2 Å². The fourth-order valence-electron chi connectivity index (χ4n) is 1.46. The zero-order valence-electron chi connectivity index (χ0n) is 8.14. The van der Waals surface area contributed by atoms with E-state index in [1.165, 1.54) is 0 Å². The van der Waals surface area contributed by atoms with Gasteiger partial charge in [0.05, 0.1) is 17.8 Å². The Morgan fingerprint density at radius 2 is 2.36 bits per heavy atom. The fraction of sp³-hybridized carbons (Fsp3) is 0.182. The van der Waals surface area contributed by atoms with Crippen molar-refractivity contribution in [3.63, 3.8) is 0 Å². The zero-order chi connectivity index (χ0) is 10.1. The van der Waals surface area contributed by atoms with Crippen LogP contribution in [0.25, 0.3) is 5.52 Å².